The fourth-order valence-corrected chi connectivity index (χ4v) is 1.88. The van der Waals surface area contributed by atoms with E-state index in [2.05, 4.69) is 36.6 Å². The first-order chi connectivity index (χ1) is 9.01. The van der Waals surface area contributed by atoms with Crippen molar-refractivity contribution in [2.24, 2.45) is 0 Å². The van der Waals surface area contributed by atoms with Gasteiger partial charge in [0.15, 0.2) is 11.3 Å². The summed E-state index contributed by atoms with van der Waals surface area (Å²) in [6.07, 6.45) is 0. The number of aromatic carboxylic acids is 1. The van der Waals surface area contributed by atoms with Gasteiger partial charge < -0.3 is 10.4 Å². The molecular weight excluding hydrogens is 318 g/mol. The topological polar surface area (TPSA) is 109 Å². The molecule has 0 aliphatic rings. The van der Waals surface area contributed by atoms with Crippen molar-refractivity contribution in [3.05, 3.63) is 22.3 Å². The number of urea groups is 1. The molecule has 0 fully saturated rings. The summed E-state index contributed by atoms with van der Waals surface area (Å²) >= 11 is 3.19. The maximum atomic E-state index is 11.3. The fourth-order valence-electron chi connectivity index (χ4n) is 1.46. The molecule has 0 radical (unpaired) electrons. The number of anilines is 1. The van der Waals surface area contributed by atoms with E-state index in [0.29, 0.717) is 16.7 Å². The molecule has 0 spiro atoms. The zero-order chi connectivity index (χ0) is 14.0. The van der Waals surface area contributed by atoms with Gasteiger partial charge in [0.1, 0.15) is 0 Å². The molecule has 0 atom stereocenters. The van der Waals surface area contributed by atoms with E-state index in [1.54, 1.807) is 13.0 Å². The van der Waals surface area contributed by atoms with Crippen LogP contribution in [0.3, 0.4) is 0 Å². The predicted molar refractivity (Wildman–Crippen MR) is 70.3 cm³/mol. The first kappa shape index (κ1) is 13.3. The summed E-state index contributed by atoms with van der Waals surface area (Å²) in [5.41, 5.74) is 0.263. The molecule has 0 unspecified atom stereocenters. The van der Waals surface area contributed by atoms with E-state index in [-0.39, 0.29) is 11.6 Å². The lowest BCUT2D eigenvalue weighted by atomic mass is 10.3. The van der Waals surface area contributed by atoms with Gasteiger partial charge in [-0.2, -0.15) is 4.98 Å². The number of hydrogen-bond donors (Lipinski definition) is 3. The molecule has 2 heterocycles. The zero-order valence-electron chi connectivity index (χ0n) is 9.85. The highest BCUT2D eigenvalue weighted by molar-refractivity contribution is 9.10. The summed E-state index contributed by atoms with van der Waals surface area (Å²) in [5.74, 6) is -1.10. The predicted octanol–water partition coefficient (Wildman–Crippen LogP) is 1.33. The van der Waals surface area contributed by atoms with Crippen LogP contribution in [0.2, 0.25) is 0 Å². The van der Waals surface area contributed by atoms with Crippen LogP contribution in [-0.4, -0.2) is 38.2 Å². The zero-order valence-corrected chi connectivity index (χ0v) is 11.4. The lowest BCUT2D eigenvalue weighted by Gasteiger charge is -2.00. The lowest BCUT2D eigenvalue weighted by molar-refractivity contribution is 0.0687. The normalized spacial score (nSPS) is 10.4. The number of aromatic nitrogens is 3. The summed E-state index contributed by atoms with van der Waals surface area (Å²) in [6, 6.07) is 2.55. The second-order valence-electron chi connectivity index (χ2n) is 3.55. The van der Waals surface area contributed by atoms with Crippen LogP contribution >= 0.6 is 15.9 Å². The summed E-state index contributed by atoms with van der Waals surface area (Å²) in [5, 5.41) is 17.9. The van der Waals surface area contributed by atoms with E-state index >= 15 is 0 Å². The Hall–Kier alpha value is -2.16. The van der Waals surface area contributed by atoms with Gasteiger partial charge in [-0.15, -0.1) is 5.10 Å². The number of nitrogens with zero attached hydrogens (tertiary/aromatic N) is 3. The molecule has 0 saturated carbocycles. The average molecular weight is 328 g/mol. The highest BCUT2D eigenvalue weighted by Crippen LogP contribution is 2.17. The Bertz CT molecular complexity index is 654. The van der Waals surface area contributed by atoms with Crippen LogP contribution in [-0.2, 0) is 0 Å². The maximum absolute atomic E-state index is 11.3. The quantitative estimate of drug-likeness (QED) is 0.788. The van der Waals surface area contributed by atoms with Crippen molar-refractivity contribution in [3.8, 4) is 0 Å². The van der Waals surface area contributed by atoms with Crippen molar-refractivity contribution in [2.45, 2.75) is 6.92 Å². The first-order valence-corrected chi connectivity index (χ1v) is 6.15. The minimum atomic E-state index is -1.14. The van der Waals surface area contributed by atoms with Crippen LogP contribution in [0.25, 0.3) is 5.65 Å². The van der Waals surface area contributed by atoms with Gasteiger partial charge in [0.2, 0.25) is 0 Å². The molecule has 0 aliphatic heterocycles. The average Bonchev–Trinajstić information content (AvgIpc) is 2.69. The highest BCUT2D eigenvalue weighted by atomic mass is 79.9. The summed E-state index contributed by atoms with van der Waals surface area (Å²) in [7, 11) is 0. The van der Waals surface area contributed by atoms with Crippen LogP contribution in [0.4, 0.5) is 10.7 Å². The Labute approximate surface area is 116 Å². The number of carbonyl (C=O) groups excluding carboxylic acids is 1. The van der Waals surface area contributed by atoms with Gasteiger partial charge in [-0.05, 0) is 19.1 Å². The van der Waals surface area contributed by atoms with E-state index in [4.69, 9.17) is 5.11 Å². The molecule has 100 valence electrons. The van der Waals surface area contributed by atoms with E-state index in [1.165, 1.54) is 6.07 Å². The number of carbonyl (C=O) groups is 2. The Balaban J connectivity index is 2.42. The number of carboxylic acid groups (broad SMARTS) is 1. The van der Waals surface area contributed by atoms with Crippen molar-refractivity contribution in [1.82, 2.24) is 19.9 Å². The van der Waals surface area contributed by atoms with E-state index in [0.717, 1.165) is 4.52 Å². The van der Waals surface area contributed by atoms with Gasteiger partial charge >= 0.3 is 12.0 Å². The van der Waals surface area contributed by atoms with Crippen molar-refractivity contribution in [1.29, 1.82) is 0 Å². The van der Waals surface area contributed by atoms with E-state index < -0.39 is 12.0 Å². The molecule has 8 nitrogen and oxygen atoms in total. The molecule has 2 amide bonds. The number of nitrogens with one attached hydrogen (secondary N) is 2. The molecule has 3 N–H and O–H groups in total. The smallest absolute Gasteiger partial charge is 0.354 e. The van der Waals surface area contributed by atoms with Gasteiger partial charge in [0.05, 0.1) is 0 Å². The first-order valence-electron chi connectivity index (χ1n) is 5.35. The van der Waals surface area contributed by atoms with Crippen LogP contribution in [0, 0.1) is 0 Å². The standard InChI is InChI=1S/C10H10BrN5O3/c1-2-12-10(19)14-9-13-7-4-5(11)3-6(8(17)18)16(7)15-9/h3-4H,2H2,1H3,(H,17,18)(H2,12,14,15,19). The molecular formula is C10H10BrN5O3. The minimum absolute atomic E-state index is 0.0338. The van der Waals surface area contributed by atoms with Crippen LogP contribution < -0.4 is 10.6 Å². The SMILES string of the molecule is CCNC(=O)Nc1nc2cc(Br)cc(C(=O)O)n2n1. The van der Waals surface area contributed by atoms with Crippen molar-refractivity contribution < 1.29 is 14.7 Å². The van der Waals surface area contributed by atoms with Crippen molar-refractivity contribution in [3.63, 3.8) is 0 Å². The fraction of sp³-hybridized carbons (Fsp3) is 0.200. The second kappa shape index (κ2) is 5.22. The Morgan fingerprint density at radius 1 is 1.47 bits per heavy atom. The molecule has 2 rings (SSSR count). The summed E-state index contributed by atoms with van der Waals surface area (Å²) < 4.78 is 1.71. The molecule has 9 heteroatoms. The van der Waals surface area contributed by atoms with Gasteiger partial charge in [-0.3, -0.25) is 5.32 Å². The van der Waals surface area contributed by atoms with Gasteiger partial charge in [0.25, 0.3) is 5.95 Å². The Morgan fingerprint density at radius 2 is 2.21 bits per heavy atom. The minimum Gasteiger partial charge on any atom is -0.477 e. The molecule has 0 bridgehead atoms. The van der Waals surface area contributed by atoms with Gasteiger partial charge in [0, 0.05) is 11.0 Å². The number of amides is 2. The highest BCUT2D eigenvalue weighted by Gasteiger charge is 2.14. The Morgan fingerprint density at radius 3 is 2.84 bits per heavy atom. The second-order valence-corrected chi connectivity index (χ2v) is 4.47. The molecule has 2 aromatic rings. The largest absolute Gasteiger partial charge is 0.477 e. The molecule has 0 aromatic carbocycles. The van der Waals surface area contributed by atoms with Gasteiger partial charge in [-0.25, -0.2) is 14.1 Å². The molecule has 0 aliphatic carbocycles. The number of hydrogen-bond acceptors (Lipinski definition) is 4. The monoisotopic (exact) mass is 327 g/mol. The third-order valence-electron chi connectivity index (χ3n) is 2.18. The number of rotatable bonds is 3. The summed E-state index contributed by atoms with van der Waals surface area (Å²) in [4.78, 5) is 26.5. The lowest BCUT2D eigenvalue weighted by Crippen LogP contribution is -2.28. The number of fused-ring (bicyclic) bond motifs is 1. The number of carboxylic acids is 1. The van der Waals surface area contributed by atoms with Crippen molar-refractivity contribution >= 4 is 39.5 Å². The molecule has 19 heavy (non-hydrogen) atoms. The third kappa shape index (κ3) is 2.81. The third-order valence-corrected chi connectivity index (χ3v) is 2.64. The number of halogens is 1. The van der Waals surface area contributed by atoms with Crippen LogP contribution in [0.1, 0.15) is 17.4 Å². The summed E-state index contributed by atoms with van der Waals surface area (Å²) in [6.45, 7) is 2.24. The Kier molecular flexibility index (Phi) is 3.65. The van der Waals surface area contributed by atoms with Crippen molar-refractivity contribution in [2.75, 3.05) is 11.9 Å². The van der Waals surface area contributed by atoms with Crippen LogP contribution in [0.15, 0.2) is 16.6 Å². The number of pyridine rings is 1. The van der Waals surface area contributed by atoms with E-state index in [1.807, 2.05) is 0 Å². The molecule has 0 saturated heterocycles. The van der Waals surface area contributed by atoms with Gasteiger partial charge in [-0.1, -0.05) is 15.9 Å². The maximum Gasteiger partial charge on any atom is 0.354 e. The van der Waals surface area contributed by atoms with Crippen LogP contribution in [0.5, 0.6) is 0 Å². The molecule has 2 aromatic heterocycles. The van der Waals surface area contributed by atoms with E-state index in [9.17, 15) is 9.59 Å².